The summed E-state index contributed by atoms with van der Waals surface area (Å²) in [6, 6.07) is -12.6. The van der Waals surface area contributed by atoms with E-state index >= 15 is 0 Å². The number of ether oxygens (including phenoxy) is 1. The van der Waals surface area contributed by atoms with Crippen molar-refractivity contribution in [1.29, 1.82) is 0 Å². The van der Waals surface area contributed by atoms with E-state index in [-0.39, 0.29) is 28.6 Å². The zero-order chi connectivity index (χ0) is 100. The minimum atomic E-state index is -6.39. The van der Waals surface area contributed by atoms with Crippen molar-refractivity contribution in [3.63, 3.8) is 0 Å². The maximum absolute atomic E-state index is 10.8. The van der Waals surface area contributed by atoms with Crippen LogP contribution in [0.15, 0.2) is 351 Å². The normalized spacial score (nSPS) is 18.1. The fourth-order valence-electron chi connectivity index (χ4n) is 12.3. The summed E-state index contributed by atoms with van der Waals surface area (Å²) >= 11 is 0. The van der Waals surface area contributed by atoms with Crippen LogP contribution in [-0.2, 0) is 5.41 Å². The van der Waals surface area contributed by atoms with Gasteiger partial charge in [-0.1, -0.05) is 317 Å². The minimum absolute atomic E-state index is 0.102. The van der Waals surface area contributed by atoms with E-state index in [1.165, 1.54) is 6.07 Å². The van der Waals surface area contributed by atoms with Crippen LogP contribution in [0.3, 0.4) is 0 Å². The number of aromatic nitrogens is 4. The van der Waals surface area contributed by atoms with Gasteiger partial charge in [0.25, 0.3) is 6.33 Å². The van der Waals surface area contributed by atoms with Gasteiger partial charge in [-0.05, 0) is 124 Å². The zero-order valence-corrected chi connectivity index (χ0v) is 52.7. The molecule has 0 saturated carbocycles. The summed E-state index contributed by atoms with van der Waals surface area (Å²) in [6.45, 7) is 2.16. The van der Waals surface area contributed by atoms with E-state index in [1.807, 2.05) is 20.8 Å². The Balaban J connectivity index is 0.882. The molecule has 16 aromatic rings. The second-order valence-corrected chi connectivity index (χ2v) is 29.9. The number of hydrogen-bond acceptors (Lipinski definition) is 2. The van der Waals surface area contributed by atoms with Gasteiger partial charge in [0.05, 0.1) is 85.5 Å². The predicted molar refractivity (Wildman–Crippen MR) is 404 cm³/mol. The number of nitrogens with zero attached hydrogens (tertiary/aromatic N) is 4. The van der Waals surface area contributed by atoms with E-state index in [2.05, 4.69) is 6.33 Å². The molecular formula is C89H70N4OSi2. The van der Waals surface area contributed by atoms with Crippen LogP contribution in [0.2, 0.25) is 0 Å². The highest BCUT2D eigenvalue weighted by Gasteiger charge is 2.43. The van der Waals surface area contributed by atoms with Crippen molar-refractivity contribution < 1.29 is 65.5 Å². The first kappa shape index (κ1) is 29.9. The Morgan fingerprint density at radius 2 is 0.917 bits per heavy atom. The van der Waals surface area contributed by atoms with Gasteiger partial charge >= 0.3 is 0 Å². The van der Waals surface area contributed by atoms with E-state index in [4.69, 9.17) is 34.4 Å². The lowest BCUT2D eigenvalue weighted by Crippen LogP contribution is -2.74. The van der Waals surface area contributed by atoms with Gasteiger partial charge < -0.3 is 4.74 Å². The summed E-state index contributed by atoms with van der Waals surface area (Å²) in [7, 11) is -12.7. The van der Waals surface area contributed by atoms with Crippen molar-refractivity contribution in [2.45, 2.75) is 33.0 Å². The van der Waals surface area contributed by atoms with Crippen LogP contribution in [0.1, 0.15) is 88.1 Å². The predicted octanol–water partition coefficient (Wildman–Crippen LogP) is 15.7. The first-order valence-electron chi connectivity index (χ1n) is 50.2. The smallest absolute Gasteiger partial charge is 0.269 e. The molecule has 0 bridgehead atoms. The van der Waals surface area contributed by atoms with Gasteiger partial charge in [-0.2, -0.15) is 0 Å². The summed E-state index contributed by atoms with van der Waals surface area (Å²) < 4.78 is 398. The number of aryl methyl sites for hydroxylation is 1. The highest BCUT2D eigenvalue weighted by atomic mass is 28.3. The Labute approximate surface area is 621 Å². The minimum Gasteiger partial charge on any atom is -0.458 e. The lowest BCUT2D eigenvalue weighted by molar-refractivity contribution is -0.572. The zero-order valence-electron chi connectivity index (χ0n) is 91.7. The maximum atomic E-state index is 10.8. The molecule has 0 aliphatic rings. The average molecular weight is 1310 g/mol. The Bertz CT molecular complexity index is 7530. The van der Waals surface area contributed by atoms with Crippen LogP contribution < -0.4 is 50.8 Å². The Kier molecular flexibility index (Phi) is 7.70. The summed E-state index contributed by atoms with van der Waals surface area (Å²) in [5.74, 6) is 0.144. The largest absolute Gasteiger partial charge is 0.458 e. The molecule has 0 aliphatic carbocycles. The fraction of sp³-hybridized carbons (Fsp3) is 0.0562. The fourth-order valence-corrected chi connectivity index (χ4v) is 19.4. The molecule has 0 N–H and O–H groups in total. The lowest BCUT2D eigenvalue weighted by atomic mass is 9.83. The van der Waals surface area contributed by atoms with E-state index in [0.717, 1.165) is 12.3 Å². The van der Waals surface area contributed by atoms with Crippen molar-refractivity contribution in [2.24, 2.45) is 0 Å². The lowest BCUT2D eigenvalue weighted by Gasteiger charge is -2.35. The number of imidazole rings is 1. The third kappa shape index (κ3) is 10.3. The number of benzene rings is 13. The van der Waals surface area contributed by atoms with E-state index in [0.29, 0.717) is 44.1 Å². The molecule has 3 aromatic heterocycles. The van der Waals surface area contributed by atoms with Gasteiger partial charge in [0.15, 0.2) is 16.1 Å². The van der Waals surface area contributed by atoms with Crippen molar-refractivity contribution in [2.75, 3.05) is 0 Å². The average Bonchev–Trinajstić information content (AvgIpc) is 1.56. The monoisotopic (exact) mass is 1310 g/mol. The van der Waals surface area contributed by atoms with Crippen LogP contribution in [0.25, 0.3) is 72.3 Å². The Hall–Kier alpha value is -11.5. The summed E-state index contributed by atoms with van der Waals surface area (Å²) in [6.07, 6.45) is 4.38. The van der Waals surface area contributed by atoms with Gasteiger partial charge in [0, 0.05) is 32.7 Å². The summed E-state index contributed by atoms with van der Waals surface area (Å²) in [5.41, 5.74) is -1.46. The highest BCUT2D eigenvalue weighted by Crippen LogP contribution is 2.38. The van der Waals surface area contributed by atoms with Crippen LogP contribution in [0, 0.1) is 13.2 Å². The second-order valence-electron chi connectivity index (χ2n) is 22.9. The molecule has 3 heterocycles. The molecule has 0 unspecified atom stereocenters. The van der Waals surface area contributed by atoms with E-state index in [1.54, 1.807) is 117 Å². The number of fused-ring (bicyclic) bond motifs is 4. The van der Waals surface area contributed by atoms with Gasteiger partial charge in [-0.15, -0.1) is 0 Å². The van der Waals surface area contributed by atoms with Crippen molar-refractivity contribution >= 4 is 90.5 Å². The Morgan fingerprint density at radius 1 is 0.438 bits per heavy atom. The molecule has 0 fully saturated rings. The topological polar surface area (TPSA) is 35.9 Å². The molecule has 0 atom stereocenters. The third-order valence-electron chi connectivity index (χ3n) is 16.5. The molecule has 13 aromatic carbocycles. The number of pyridine rings is 1. The number of hydrogen-bond donors (Lipinski definition) is 0. The summed E-state index contributed by atoms with van der Waals surface area (Å²) in [4.78, 5) is 4.80. The van der Waals surface area contributed by atoms with Crippen LogP contribution in [-0.4, -0.2) is 30.3 Å². The van der Waals surface area contributed by atoms with Gasteiger partial charge in [0.2, 0.25) is 0 Å². The van der Waals surface area contributed by atoms with Crippen LogP contribution in [0.4, 0.5) is 0 Å². The molecule has 16 rings (SSSR count). The molecule has 7 heteroatoms. The SMILES string of the molecule is [2H]c1c([2H])c([2H])c([Si](c2c([2H])c([2H])c([2H])c([2H])c2[2H])(c2c([2H])c([2H])c([2H])c([2H])c2[2H])c2c([2H])c([2H])c([2H])c(-c3cnc(-n4c5ccccc5c5ccc(Oc6cccc(-n7[c-][n+](-c8c(-c9c([2H])c([2H])c([2H])c([Si](c%10c([2H])c([2H])c([2H])c([2H])c%10[2H])(c%10c([2H])c([2H])c([2H])c([2H])c%10[2H])c%10c([2H])c([2H])c([2H])c([2H])c%10[2H])c9[2H])cccc8C(C)(C)C)c8ccccc87)c6)cc54)cc3C([2H])([2H])[2H])c2[2H])c([2H])c1[2H]. The highest BCUT2D eigenvalue weighted by molar-refractivity contribution is 7.20. The van der Waals surface area contributed by atoms with Gasteiger partial charge in [-0.25, -0.2) is 4.98 Å². The molecule has 0 saturated heterocycles. The molecular weight excluding hydrogens is 1200 g/mol. The first-order valence-corrected chi connectivity index (χ1v) is 33.7. The molecule has 0 spiro atoms. The standard InChI is InChI=1S/C89H70N4OSi2/c1-64-57-87(90-62-81(64)66-32-28-48-77(59-66)96(73-41-17-8-18-42-73,74-43-19-9-20-44-74)75-45-21-10-22-46-75)93-83-52-24-23-49-79(83)80-56-55-69(61-86(80)93)94-68-34-29-33-67(60-68)91-63-92(85-54-26-25-53-84(85)91)88-78(50-30-51-82(88)89(2,3)4)65-31-27-47-76(58-65)95(70-35-11-5-12-36-70,71-37-13-6-14-38-71)72-39-15-7-16-40-72/h5-62H,1-4H3/i1D3,5D,6D,7D,8D,9D,10D,11D,12D,13D,14D,15D,16D,17D,18D,19D,20D,21D,22D,27D,28D,31D,32D,35D,36D,37D,38D,39D,40D,41D,42D,43D,44D,45D,46D,47D,48D,58D,59D. The Morgan fingerprint density at radius 3 is 1.46 bits per heavy atom. The summed E-state index contributed by atoms with van der Waals surface area (Å²) in [5, 5.41) is -7.41. The molecule has 0 aliphatic heterocycles. The number of para-hydroxylation sites is 4. The van der Waals surface area contributed by atoms with Crippen molar-refractivity contribution in [3.8, 4) is 50.9 Å². The number of rotatable bonds is 15. The first-order chi connectivity index (χ1) is 64.1. The second kappa shape index (κ2) is 24.8. The van der Waals surface area contributed by atoms with E-state index < -0.39 is 322 Å². The van der Waals surface area contributed by atoms with Crippen LogP contribution in [0.5, 0.6) is 11.5 Å². The van der Waals surface area contributed by atoms with E-state index in [9.17, 15) is 31.5 Å². The molecule has 460 valence electrons. The molecule has 0 amide bonds. The van der Waals surface area contributed by atoms with Gasteiger partial charge in [-0.3, -0.25) is 13.7 Å². The quantitative estimate of drug-likeness (QED) is 0.0444. The molecule has 5 nitrogen and oxygen atoms in total. The van der Waals surface area contributed by atoms with Crippen LogP contribution >= 0.6 is 0 Å². The third-order valence-corrected chi connectivity index (χ3v) is 24.5. The maximum Gasteiger partial charge on any atom is 0.269 e. The van der Waals surface area contributed by atoms with Crippen molar-refractivity contribution in [1.82, 2.24) is 14.1 Å². The molecule has 0 radical (unpaired) electrons. The van der Waals surface area contributed by atoms with Gasteiger partial charge in [0.1, 0.15) is 17.3 Å². The molecule has 96 heavy (non-hydrogen) atoms. The van der Waals surface area contributed by atoms with Crippen molar-refractivity contribution in [3.05, 3.63) is 369 Å².